The third-order valence-electron chi connectivity index (χ3n) is 4.41. The number of amides is 1. The third-order valence-corrected chi connectivity index (χ3v) is 4.41. The molecule has 3 nitrogen and oxygen atoms in total. The third kappa shape index (κ3) is 3.73. The molecule has 1 atom stereocenters. The molecule has 120 valence electrons. The molecule has 0 bridgehead atoms. The second kappa shape index (κ2) is 6.86. The molecule has 0 saturated carbocycles. The Morgan fingerprint density at radius 1 is 1.22 bits per heavy atom. The Labute approximate surface area is 137 Å². The zero-order valence-electron chi connectivity index (χ0n) is 13.8. The quantitative estimate of drug-likeness (QED) is 0.931. The molecule has 1 N–H and O–H groups in total. The Morgan fingerprint density at radius 2 is 2.04 bits per heavy atom. The second-order valence-electron chi connectivity index (χ2n) is 6.27. The fraction of sp³-hybridized carbons (Fsp3) is 0.350. The zero-order valence-corrected chi connectivity index (χ0v) is 13.8. The average Bonchev–Trinajstić information content (AvgIpc) is 2.56. The minimum Gasteiger partial charge on any atom is -0.483 e. The molecule has 0 aliphatic heterocycles. The van der Waals surface area contributed by atoms with Crippen molar-refractivity contribution < 1.29 is 9.53 Å². The van der Waals surface area contributed by atoms with Crippen LogP contribution >= 0.6 is 0 Å². The highest BCUT2D eigenvalue weighted by atomic mass is 16.5. The Hall–Kier alpha value is -2.29. The van der Waals surface area contributed by atoms with E-state index in [9.17, 15) is 4.79 Å². The Morgan fingerprint density at radius 3 is 2.91 bits per heavy atom. The monoisotopic (exact) mass is 309 g/mol. The normalized spacial score (nSPS) is 16.5. The highest BCUT2D eigenvalue weighted by Gasteiger charge is 2.21. The van der Waals surface area contributed by atoms with E-state index in [0.29, 0.717) is 0 Å². The fourth-order valence-electron chi connectivity index (χ4n) is 3.15. The van der Waals surface area contributed by atoms with Crippen LogP contribution in [0.2, 0.25) is 0 Å². The summed E-state index contributed by atoms with van der Waals surface area (Å²) in [6.45, 7) is 4.07. The molecular formula is C20H23NO2. The lowest BCUT2D eigenvalue weighted by atomic mass is 9.88. The molecule has 0 unspecified atom stereocenters. The summed E-state index contributed by atoms with van der Waals surface area (Å²) in [5.74, 6) is 0.719. The number of hydrogen-bond donors (Lipinski definition) is 1. The van der Waals surface area contributed by atoms with E-state index in [1.165, 1.54) is 11.1 Å². The first-order valence-corrected chi connectivity index (χ1v) is 8.21. The molecule has 1 aliphatic rings. The van der Waals surface area contributed by atoms with E-state index in [1.54, 1.807) is 0 Å². The van der Waals surface area contributed by atoms with Gasteiger partial charge in [-0.05, 0) is 61.4 Å². The number of carbonyl (C=O) groups excluding carboxylic acids is 1. The van der Waals surface area contributed by atoms with Crippen molar-refractivity contribution >= 4 is 5.91 Å². The first-order chi connectivity index (χ1) is 11.1. The largest absolute Gasteiger partial charge is 0.483 e. The van der Waals surface area contributed by atoms with Crippen molar-refractivity contribution in [2.75, 3.05) is 6.61 Å². The number of hydrogen-bond acceptors (Lipinski definition) is 2. The molecule has 2 aromatic carbocycles. The SMILES string of the molecule is Cc1ccc(C)c(OCC(=O)N[C@H]2CCCc3ccccc32)c1. The molecule has 0 aromatic heterocycles. The highest BCUT2D eigenvalue weighted by Crippen LogP contribution is 2.29. The van der Waals surface area contributed by atoms with Crippen molar-refractivity contribution in [3.8, 4) is 5.75 Å². The lowest BCUT2D eigenvalue weighted by molar-refractivity contribution is -0.124. The van der Waals surface area contributed by atoms with Crippen LogP contribution in [0.4, 0.5) is 0 Å². The second-order valence-corrected chi connectivity index (χ2v) is 6.27. The number of nitrogens with one attached hydrogen (secondary N) is 1. The van der Waals surface area contributed by atoms with Crippen LogP contribution in [-0.2, 0) is 11.2 Å². The molecule has 0 fully saturated rings. The fourth-order valence-corrected chi connectivity index (χ4v) is 3.15. The number of carbonyl (C=O) groups is 1. The van der Waals surface area contributed by atoms with Crippen molar-refractivity contribution in [3.05, 3.63) is 64.7 Å². The molecule has 1 aliphatic carbocycles. The molecule has 3 rings (SSSR count). The van der Waals surface area contributed by atoms with Gasteiger partial charge in [0.25, 0.3) is 5.91 Å². The summed E-state index contributed by atoms with van der Waals surface area (Å²) in [5, 5.41) is 3.12. The molecular weight excluding hydrogens is 286 g/mol. The minimum absolute atomic E-state index is 0.0585. The summed E-state index contributed by atoms with van der Waals surface area (Å²) < 4.78 is 5.70. The van der Waals surface area contributed by atoms with Crippen LogP contribution < -0.4 is 10.1 Å². The number of aryl methyl sites for hydroxylation is 3. The van der Waals surface area contributed by atoms with E-state index in [0.717, 1.165) is 36.1 Å². The van der Waals surface area contributed by atoms with Crippen LogP contribution in [0, 0.1) is 13.8 Å². The zero-order chi connectivity index (χ0) is 16.2. The maximum atomic E-state index is 12.3. The first-order valence-electron chi connectivity index (χ1n) is 8.21. The van der Waals surface area contributed by atoms with E-state index in [-0.39, 0.29) is 18.6 Å². The van der Waals surface area contributed by atoms with E-state index in [4.69, 9.17) is 4.74 Å². The van der Waals surface area contributed by atoms with Crippen LogP contribution in [0.25, 0.3) is 0 Å². The Bertz CT molecular complexity index is 709. The predicted molar refractivity (Wildman–Crippen MR) is 91.7 cm³/mol. The lowest BCUT2D eigenvalue weighted by Gasteiger charge is -2.26. The molecule has 0 saturated heterocycles. The lowest BCUT2D eigenvalue weighted by Crippen LogP contribution is -2.34. The molecule has 1 amide bonds. The van der Waals surface area contributed by atoms with Crippen molar-refractivity contribution in [1.82, 2.24) is 5.32 Å². The standard InChI is InChI=1S/C20H23NO2/c1-14-10-11-15(2)19(12-14)23-13-20(22)21-18-9-5-7-16-6-3-4-8-17(16)18/h3-4,6,8,10-12,18H,5,7,9,13H2,1-2H3,(H,21,22)/t18-/m0/s1. The Kier molecular flexibility index (Phi) is 4.65. The molecule has 3 heteroatoms. The number of rotatable bonds is 4. The molecule has 0 spiro atoms. The highest BCUT2D eigenvalue weighted by molar-refractivity contribution is 5.78. The number of benzene rings is 2. The van der Waals surface area contributed by atoms with Crippen LogP contribution in [0.1, 0.15) is 41.1 Å². The molecule has 23 heavy (non-hydrogen) atoms. The van der Waals surface area contributed by atoms with Crippen LogP contribution in [0.3, 0.4) is 0 Å². The van der Waals surface area contributed by atoms with Gasteiger partial charge in [0.1, 0.15) is 5.75 Å². The van der Waals surface area contributed by atoms with Crippen LogP contribution in [-0.4, -0.2) is 12.5 Å². The van der Waals surface area contributed by atoms with Crippen LogP contribution in [0.15, 0.2) is 42.5 Å². The first kappa shape index (κ1) is 15.6. The van der Waals surface area contributed by atoms with Gasteiger partial charge in [-0.3, -0.25) is 4.79 Å². The van der Waals surface area contributed by atoms with Crippen molar-refractivity contribution in [2.45, 2.75) is 39.2 Å². The van der Waals surface area contributed by atoms with E-state index in [2.05, 4.69) is 23.5 Å². The van der Waals surface area contributed by atoms with Crippen molar-refractivity contribution in [1.29, 1.82) is 0 Å². The summed E-state index contributed by atoms with van der Waals surface area (Å²) in [6, 6.07) is 14.5. The van der Waals surface area contributed by atoms with Crippen molar-refractivity contribution in [2.24, 2.45) is 0 Å². The van der Waals surface area contributed by atoms with Gasteiger partial charge in [0.05, 0.1) is 6.04 Å². The maximum absolute atomic E-state index is 12.3. The van der Waals surface area contributed by atoms with E-state index in [1.807, 2.05) is 38.1 Å². The van der Waals surface area contributed by atoms with Gasteiger partial charge in [0, 0.05) is 0 Å². The molecule has 0 heterocycles. The predicted octanol–water partition coefficient (Wildman–Crippen LogP) is 3.88. The number of fused-ring (bicyclic) bond motifs is 1. The van der Waals surface area contributed by atoms with Gasteiger partial charge in [0.15, 0.2) is 6.61 Å². The summed E-state index contributed by atoms with van der Waals surface area (Å²) in [7, 11) is 0. The van der Waals surface area contributed by atoms with Gasteiger partial charge in [-0.25, -0.2) is 0 Å². The Balaban J connectivity index is 1.61. The summed E-state index contributed by atoms with van der Waals surface area (Å²) in [6.07, 6.45) is 3.20. The van der Waals surface area contributed by atoms with E-state index >= 15 is 0 Å². The molecule has 2 aromatic rings. The van der Waals surface area contributed by atoms with Gasteiger partial charge in [-0.15, -0.1) is 0 Å². The van der Waals surface area contributed by atoms with Gasteiger partial charge in [-0.1, -0.05) is 36.4 Å². The van der Waals surface area contributed by atoms with Gasteiger partial charge < -0.3 is 10.1 Å². The average molecular weight is 309 g/mol. The maximum Gasteiger partial charge on any atom is 0.258 e. The summed E-state index contributed by atoms with van der Waals surface area (Å²) in [4.78, 5) is 12.3. The smallest absolute Gasteiger partial charge is 0.258 e. The topological polar surface area (TPSA) is 38.3 Å². The van der Waals surface area contributed by atoms with Crippen LogP contribution in [0.5, 0.6) is 5.75 Å². The van der Waals surface area contributed by atoms with Crippen molar-refractivity contribution in [3.63, 3.8) is 0 Å². The molecule has 0 radical (unpaired) electrons. The van der Waals surface area contributed by atoms with E-state index < -0.39 is 0 Å². The summed E-state index contributed by atoms with van der Waals surface area (Å²) in [5.41, 5.74) is 4.77. The number of ether oxygens (including phenoxy) is 1. The van der Waals surface area contributed by atoms with Gasteiger partial charge in [0.2, 0.25) is 0 Å². The minimum atomic E-state index is -0.0624. The van der Waals surface area contributed by atoms with Gasteiger partial charge >= 0.3 is 0 Å². The van der Waals surface area contributed by atoms with Gasteiger partial charge in [-0.2, -0.15) is 0 Å². The summed E-state index contributed by atoms with van der Waals surface area (Å²) >= 11 is 0.